The van der Waals surface area contributed by atoms with Crippen molar-refractivity contribution in [3.05, 3.63) is 11.8 Å². The van der Waals surface area contributed by atoms with Crippen LogP contribution in [-0.4, -0.2) is 0 Å². The summed E-state index contributed by atoms with van der Waals surface area (Å²) in [6.45, 7) is 1.76. The molecule has 0 saturated heterocycles. The molecule has 0 rings (SSSR count). The van der Waals surface area contributed by atoms with Gasteiger partial charge in [0, 0.05) is 5.70 Å². The van der Waals surface area contributed by atoms with E-state index in [0.29, 0.717) is 12.1 Å². The molecule has 0 aromatic carbocycles. The van der Waals surface area contributed by atoms with E-state index in [-0.39, 0.29) is 0 Å². The van der Waals surface area contributed by atoms with Gasteiger partial charge in [0.25, 0.3) is 0 Å². The van der Waals surface area contributed by atoms with E-state index in [1.807, 2.05) is 6.07 Å². The van der Waals surface area contributed by atoms with Crippen LogP contribution in [0.5, 0.6) is 0 Å². The van der Waals surface area contributed by atoms with Crippen molar-refractivity contribution in [2.45, 2.75) is 13.3 Å². The lowest BCUT2D eigenvalue weighted by Gasteiger charge is -1.80. The number of allylic oxidation sites excluding steroid dienone is 2. The third-order valence-corrected chi connectivity index (χ3v) is 0.515. The van der Waals surface area contributed by atoms with E-state index in [1.54, 1.807) is 13.0 Å². The van der Waals surface area contributed by atoms with Gasteiger partial charge in [0.1, 0.15) is 0 Å². The fraction of sp³-hybridized carbons (Fsp3) is 0.400. The number of nitrogens with two attached hydrogens (primary N) is 1. The van der Waals surface area contributed by atoms with Crippen LogP contribution in [0.3, 0.4) is 0 Å². The van der Waals surface area contributed by atoms with Gasteiger partial charge in [-0.05, 0) is 6.92 Å². The summed E-state index contributed by atoms with van der Waals surface area (Å²) < 4.78 is 0. The minimum atomic E-state index is 0.419. The predicted molar refractivity (Wildman–Crippen MR) is 28.2 cm³/mol. The standard InChI is InChI=1S/C5H8N2/c1-5(7)3-2-4-6/h3H,2,7H2,1H3/b5-3-. The molecule has 0 spiro atoms. The lowest BCUT2D eigenvalue weighted by atomic mass is 10.4. The van der Waals surface area contributed by atoms with Crippen molar-refractivity contribution in [3.63, 3.8) is 0 Å². The number of nitrogens with zero attached hydrogens (tertiary/aromatic N) is 1. The third-order valence-electron chi connectivity index (χ3n) is 0.515. The van der Waals surface area contributed by atoms with E-state index in [0.717, 1.165) is 0 Å². The van der Waals surface area contributed by atoms with Crippen molar-refractivity contribution < 1.29 is 0 Å². The van der Waals surface area contributed by atoms with Gasteiger partial charge in [-0.3, -0.25) is 0 Å². The molecule has 0 aliphatic heterocycles. The van der Waals surface area contributed by atoms with Crippen LogP contribution in [0.25, 0.3) is 0 Å². The highest BCUT2D eigenvalue weighted by molar-refractivity contribution is 4.96. The highest BCUT2D eigenvalue weighted by Gasteiger charge is 1.72. The van der Waals surface area contributed by atoms with E-state index in [4.69, 9.17) is 11.0 Å². The van der Waals surface area contributed by atoms with E-state index >= 15 is 0 Å². The lowest BCUT2D eigenvalue weighted by molar-refractivity contribution is 1.24. The monoisotopic (exact) mass is 96.1 g/mol. The SMILES string of the molecule is C/C(N)=C/CC#N. The van der Waals surface area contributed by atoms with Crippen molar-refractivity contribution >= 4 is 0 Å². The molecule has 7 heavy (non-hydrogen) atoms. The molecule has 0 heterocycles. The second-order valence-electron chi connectivity index (χ2n) is 1.31. The summed E-state index contributed by atoms with van der Waals surface area (Å²) >= 11 is 0. The first kappa shape index (κ1) is 6.03. The Labute approximate surface area is 43.2 Å². The summed E-state index contributed by atoms with van der Waals surface area (Å²) in [5.74, 6) is 0. The quantitative estimate of drug-likeness (QED) is 0.524. The number of hydrogen-bond donors (Lipinski definition) is 1. The molecule has 0 aromatic rings. The van der Waals surface area contributed by atoms with Crippen molar-refractivity contribution in [2.24, 2.45) is 5.73 Å². The molecule has 38 valence electrons. The van der Waals surface area contributed by atoms with E-state index in [9.17, 15) is 0 Å². The van der Waals surface area contributed by atoms with Crippen molar-refractivity contribution in [1.82, 2.24) is 0 Å². The Bertz CT molecular complexity index is 104. The Morgan fingerprint density at radius 2 is 2.57 bits per heavy atom. The summed E-state index contributed by atoms with van der Waals surface area (Å²) in [6, 6.07) is 1.94. The van der Waals surface area contributed by atoms with E-state index < -0.39 is 0 Å². The molecule has 0 unspecified atom stereocenters. The van der Waals surface area contributed by atoms with Crippen LogP contribution in [0.4, 0.5) is 0 Å². The largest absolute Gasteiger partial charge is 0.402 e. The summed E-state index contributed by atoms with van der Waals surface area (Å²) in [5.41, 5.74) is 5.90. The molecule has 0 aliphatic carbocycles. The highest BCUT2D eigenvalue weighted by Crippen LogP contribution is 1.82. The average Bonchev–Trinajstić information content (AvgIpc) is 1.61. The first-order chi connectivity index (χ1) is 3.27. The minimum absolute atomic E-state index is 0.419. The first-order valence-electron chi connectivity index (χ1n) is 2.06. The number of rotatable bonds is 1. The van der Waals surface area contributed by atoms with E-state index in [1.165, 1.54) is 0 Å². The molecule has 0 aromatic heterocycles. The second kappa shape index (κ2) is 3.23. The van der Waals surface area contributed by atoms with Gasteiger partial charge in [-0.2, -0.15) is 5.26 Å². The molecule has 2 nitrogen and oxygen atoms in total. The zero-order valence-electron chi connectivity index (χ0n) is 4.31. The first-order valence-corrected chi connectivity index (χ1v) is 2.06. The van der Waals surface area contributed by atoms with Crippen molar-refractivity contribution in [1.29, 1.82) is 5.26 Å². The molecule has 0 aliphatic rings. The van der Waals surface area contributed by atoms with Gasteiger partial charge >= 0.3 is 0 Å². The van der Waals surface area contributed by atoms with Crippen molar-refractivity contribution in [2.75, 3.05) is 0 Å². The smallest absolute Gasteiger partial charge is 0.0664 e. The fourth-order valence-corrected chi connectivity index (χ4v) is 0.207. The summed E-state index contributed by atoms with van der Waals surface area (Å²) in [7, 11) is 0. The fourth-order valence-electron chi connectivity index (χ4n) is 0.207. The summed E-state index contributed by atoms with van der Waals surface area (Å²) in [5, 5.41) is 7.96. The average molecular weight is 96.1 g/mol. The molecule has 0 radical (unpaired) electrons. The van der Waals surface area contributed by atoms with Gasteiger partial charge in [-0.1, -0.05) is 6.08 Å². The van der Waals surface area contributed by atoms with E-state index in [2.05, 4.69) is 0 Å². The summed E-state index contributed by atoms with van der Waals surface area (Å²) in [4.78, 5) is 0. The van der Waals surface area contributed by atoms with Gasteiger partial charge in [-0.15, -0.1) is 0 Å². The molecule has 0 atom stereocenters. The van der Waals surface area contributed by atoms with Crippen molar-refractivity contribution in [3.8, 4) is 6.07 Å². The molecular formula is C5H8N2. The van der Waals surface area contributed by atoms with Crippen LogP contribution in [0.1, 0.15) is 13.3 Å². The molecule has 2 heteroatoms. The van der Waals surface area contributed by atoms with Gasteiger partial charge in [0.15, 0.2) is 0 Å². The van der Waals surface area contributed by atoms with Crippen LogP contribution < -0.4 is 5.73 Å². The Hall–Kier alpha value is -0.970. The maximum atomic E-state index is 7.96. The van der Waals surface area contributed by atoms with Crippen LogP contribution >= 0.6 is 0 Å². The molecule has 0 amide bonds. The minimum Gasteiger partial charge on any atom is -0.402 e. The van der Waals surface area contributed by atoms with Crippen LogP contribution in [0.15, 0.2) is 11.8 Å². The molecule has 2 N–H and O–H groups in total. The number of hydrogen-bond acceptors (Lipinski definition) is 2. The van der Waals surface area contributed by atoms with Crippen LogP contribution in [0.2, 0.25) is 0 Å². The van der Waals surface area contributed by atoms with Crippen LogP contribution in [-0.2, 0) is 0 Å². The van der Waals surface area contributed by atoms with Crippen LogP contribution in [0, 0.1) is 11.3 Å². The van der Waals surface area contributed by atoms with Gasteiger partial charge in [0.2, 0.25) is 0 Å². The Morgan fingerprint density at radius 1 is 2.00 bits per heavy atom. The maximum absolute atomic E-state index is 7.96. The topological polar surface area (TPSA) is 49.8 Å². The molecule has 0 bridgehead atoms. The van der Waals surface area contributed by atoms with Gasteiger partial charge in [0.05, 0.1) is 12.5 Å². The third kappa shape index (κ3) is 5.03. The Morgan fingerprint density at radius 3 is 2.71 bits per heavy atom. The zero-order valence-corrected chi connectivity index (χ0v) is 4.31. The maximum Gasteiger partial charge on any atom is 0.0664 e. The zero-order chi connectivity index (χ0) is 5.70. The van der Waals surface area contributed by atoms with Gasteiger partial charge < -0.3 is 5.73 Å². The summed E-state index contributed by atoms with van der Waals surface area (Å²) in [6.07, 6.45) is 2.10. The second-order valence-corrected chi connectivity index (χ2v) is 1.31. The molecular weight excluding hydrogens is 88.1 g/mol. The normalized spacial score (nSPS) is 10.6. The molecule has 0 fully saturated rings. The number of nitriles is 1. The predicted octanol–water partition coefficient (Wildman–Crippen LogP) is 0.763. The Kier molecular flexibility index (Phi) is 2.78. The highest BCUT2D eigenvalue weighted by atomic mass is 14.5. The molecule has 0 saturated carbocycles. The lowest BCUT2D eigenvalue weighted by Crippen LogP contribution is -1.88. The van der Waals surface area contributed by atoms with Gasteiger partial charge in [-0.25, -0.2) is 0 Å². The Balaban J connectivity index is 3.32.